The van der Waals surface area contributed by atoms with Crippen LogP contribution in [0.25, 0.3) is 0 Å². The highest BCUT2D eigenvalue weighted by molar-refractivity contribution is 6.04. The molecule has 5 heteroatoms. The minimum Gasteiger partial charge on any atom is -0.497 e. The lowest BCUT2D eigenvalue weighted by Crippen LogP contribution is -2.42. The number of benzene rings is 3. The molecule has 0 aliphatic rings. The van der Waals surface area contributed by atoms with Crippen molar-refractivity contribution < 1.29 is 9.53 Å². The molecule has 5 nitrogen and oxygen atoms in total. The fourth-order valence-corrected chi connectivity index (χ4v) is 2.85. The predicted molar refractivity (Wildman–Crippen MR) is 118 cm³/mol. The zero-order valence-electron chi connectivity index (χ0n) is 16.9. The molecule has 3 aromatic rings. The topological polar surface area (TPSA) is 65.4 Å². The smallest absolute Gasteiger partial charge is 0.257 e. The highest BCUT2D eigenvalue weighted by Gasteiger charge is 2.19. The van der Waals surface area contributed by atoms with Crippen LogP contribution in [0.1, 0.15) is 27.5 Å². The van der Waals surface area contributed by atoms with Crippen LogP contribution in [0.4, 0.5) is 0 Å². The fourth-order valence-electron chi connectivity index (χ4n) is 2.85. The molecule has 150 valence electrons. The molecule has 0 aliphatic heterocycles. The summed E-state index contributed by atoms with van der Waals surface area (Å²) >= 11 is 0. The Kier molecular flexibility index (Phi) is 6.86. The lowest BCUT2D eigenvalue weighted by Gasteiger charge is -2.27. The van der Waals surface area contributed by atoms with Crippen LogP contribution < -0.4 is 10.1 Å². The molecule has 30 heavy (non-hydrogen) atoms. The number of amides is 1. The van der Waals surface area contributed by atoms with Gasteiger partial charge in [0.15, 0.2) is 5.96 Å². The molecule has 0 saturated carbocycles. The molecule has 0 fully saturated rings. The number of ether oxygens (including phenoxy) is 1. The molecule has 3 aromatic carbocycles. The largest absolute Gasteiger partial charge is 0.497 e. The Morgan fingerprint density at radius 3 is 2.17 bits per heavy atom. The average Bonchev–Trinajstić information content (AvgIpc) is 2.80. The summed E-state index contributed by atoms with van der Waals surface area (Å²) in [4.78, 5) is 14.1. The van der Waals surface area contributed by atoms with E-state index in [9.17, 15) is 4.79 Å². The third-order valence-corrected chi connectivity index (χ3v) is 4.57. The first-order valence-electron chi connectivity index (χ1n) is 9.47. The summed E-state index contributed by atoms with van der Waals surface area (Å²) < 4.78 is 5.24. The van der Waals surface area contributed by atoms with Gasteiger partial charge in [-0.15, -0.1) is 0 Å². The van der Waals surface area contributed by atoms with Crippen molar-refractivity contribution >= 4 is 11.9 Å². The molecule has 0 aromatic heterocycles. The van der Waals surface area contributed by atoms with Gasteiger partial charge in [0.25, 0.3) is 5.91 Å². The van der Waals surface area contributed by atoms with E-state index in [0.29, 0.717) is 5.56 Å². The van der Waals surface area contributed by atoms with Crippen molar-refractivity contribution in [2.75, 3.05) is 14.2 Å². The molecule has 0 heterocycles. The SMILES string of the molecule is COc1ccc(C(C#Cc2ccccc2)N(C)C(=N)NC(=O)c2ccccc2)cc1. The van der Waals surface area contributed by atoms with E-state index in [4.69, 9.17) is 10.1 Å². The monoisotopic (exact) mass is 397 g/mol. The minimum atomic E-state index is -0.431. The van der Waals surface area contributed by atoms with Gasteiger partial charge in [0.05, 0.1) is 7.11 Å². The number of hydrogen-bond donors (Lipinski definition) is 2. The Balaban J connectivity index is 1.85. The lowest BCUT2D eigenvalue weighted by atomic mass is 10.1. The molecule has 0 aliphatic carbocycles. The number of nitrogens with zero attached hydrogens (tertiary/aromatic N) is 1. The molecule has 0 saturated heterocycles. The molecule has 0 bridgehead atoms. The van der Waals surface area contributed by atoms with Gasteiger partial charge >= 0.3 is 0 Å². The number of rotatable bonds is 4. The van der Waals surface area contributed by atoms with Gasteiger partial charge in [0, 0.05) is 18.2 Å². The van der Waals surface area contributed by atoms with Crippen LogP contribution in [0, 0.1) is 17.3 Å². The van der Waals surface area contributed by atoms with Gasteiger partial charge in [-0.25, -0.2) is 0 Å². The minimum absolute atomic E-state index is 0.0352. The summed E-state index contributed by atoms with van der Waals surface area (Å²) in [5.41, 5.74) is 2.26. The van der Waals surface area contributed by atoms with Crippen molar-refractivity contribution in [3.8, 4) is 17.6 Å². The van der Waals surface area contributed by atoms with Crippen LogP contribution >= 0.6 is 0 Å². The van der Waals surface area contributed by atoms with Gasteiger partial charge in [-0.2, -0.15) is 0 Å². The zero-order chi connectivity index (χ0) is 21.3. The molecule has 0 radical (unpaired) electrons. The van der Waals surface area contributed by atoms with Crippen molar-refractivity contribution in [2.24, 2.45) is 0 Å². The van der Waals surface area contributed by atoms with E-state index in [1.54, 1.807) is 43.3 Å². The normalized spacial score (nSPS) is 10.9. The van der Waals surface area contributed by atoms with Gasteiger partial charge in [-0.1, -0.05) is 60.4 Å². The van der Waals surface area contributed by atoms with Crippen LogP contribution in [0.15, 0.2) is 84.9 Å². The van der Waals surface area contributed by atoms with Crippen LogP contribution in [-0.4, -0.2) is 30.9 Å². The Labute approximate surface area is 176 Å². The Morgan fingerprint density at radius 2 is 1.57 bits per heavy atom. The van der Waals surface area contributed by atoms with E-state index in [-0.39, 0.29) is 11.9 Å². The summed E-state index contributed by atoms with van der Waals surface area (Å²) in [6, 6.07) is 25.6. The molecule has 1 unspecified atom stereocenters. The zero-order valence-corrected chi connectivity index (χ0v) is 16.9. The van der Waals surface area contributed by atoms with Crippen molar-refractivity contribution in [1.82, 2.24) is 10.2 Å². The summed E-state index contributed by atoms with van der Waals surface area (Å²) in [6.07, 6.45) is 0. The Hall–Kier alpha value is -4.04. The summed E-state index contributed by atoms with van der Waals surface area (Å²) in [7, 11) is 3.35. The highest BCUT2D eigenvalue weighted by Crippen LogP contribution is 2.22. The maximum atomic E-state index is 12.5. The summed E-state index contributed by atoms with van der Waals surface area (Å²) in [6.45, 7) is 0. The van der Waals surface area contributed by atoms with Gasteiger partial charge in [0.1, 0.15) is 11.8 Å². The number of nitrogens with one attached hydrogen (secondary N) is 2. The second kappa shape index (κ2) is 9.94. The average molecular weight is 397 g/mol. The highest BCUT2D eigenvalue weighted by atomic mass is 16.5. The van der Waals surface area contributed by atoms with Crippen LogP contribution in [0.5, 0.6) is 5.75 Å². The van der Waals surface area contributed by atoms with Gasteiger partial charge < -0.3 is 9.64 Å². The molecular weight excluding hydrogens is 374 g/mol. The van der Waals surface area contributed by atoms with E-state index in [0.717, 1.165) is 16.9 Å². The number of guanidine groups is 1. The van der Waals surface area contributed by atoms with E-state index < -0.39 is 6.04 Å². The first-order chi connectivity index (χ1) is 14.6. The third kappa shape index (κ3) is 5.27. The van der Waals surface area contributed by atoms with Crippen molar-refractivity contribution in [1.29, 1.82) is 5.41 Å². The molecule has 0 spiro atoms. The molecule has 1 atom stereocenters. The van der Waals surface area contributed by atoms with Gasteiger partial charge in [-0.3, -0.25) is 15.5 Å². The van der Waals surface area contributed by atoms with E-state index in [2.05, 4.69) is 17.2 Å². The van der Waals surface area contributed by atoms with E-state index in [1.807, 2.05) is 60.7 Å². The Morgan fingerprint density at radius 1 is 0.967 bits per heavy atom. The van der Waals surface area contributed by atoms with E-state index >= 15 is 0 Å². The van der Waals surface area contributed by atoms with Gasteiger partial charge in [0.2, 0.25) is 0 Å². The van der Waals surface area contributed by atoms with E-state index in [1.165, 1.54) is 0 Å². The number of hydrogen-bond acceptors (Lipinski definition) is 3. The maximum absolute atomic E-state index is 12.5. The standard InChI is InChI=1S/C25H23N3O2/c1-28(25(26)27-24(29)21-11-7-4-8-12-21)23(18-13-19-9-5-3-6-10-19)20-14-16-22(30-2)17-15-20/h3-12,14-17,23H,1-2H3,(H2,26,27,29). The quantitative estimate of drug-likeness (QED) is 0.396. The lowest BCUT2D eigenvalue weighted by molar-refractivity contribution is 0.0972. The number of methoxy groups -OCH3 is 1. The van der Waals surface area contributed by atoms with Crippen molar-refractivity contribution in [3.63, 3.8) is 0 Å². The first kappa shape index (κ1) is 20.7. The summed E-state index contributed by atoms with van der Waals surface area (Å²) in [5, 5.41) is 11.1. The number of carbonyl (C=O) groups is 1. The second-order valence-electron chi connectivity index (χ2n) is 6.59. The predicted octanol–water partition coefficient (Wildman–Crippen LogP) is 4.08. The fraction of sp³-hybridized carbons (Fsp3) is 0.120. The van der Waals surface area contributed by atoms with Crippen LogP contribution in [0.2, 0.25) is 0 Å². The van der Waals surface area contributed by atoms with Crippen LogP contribution in [0.3, 0.4) is 0 Å². The third-order valence-electron chi connectivity index (χ3n) is 4.57. The number of carbonyl (C=O) groups excluding carboxylic acids is 1. The molecule has 3 rings (SSSR count). The molecule has 1 amide bonds. The molecule has 2 N–H and O–H groups in total. The Bertz CT molecular complexity index is 1050. The van der Waals surface area contributed by atoms with Crippen molar-refractivity contribution in [3.05, 3.63) is 102 Å². The van der Waals surface area contributed by atoms with Crippen molar-refractivity contribution in [2.45, 2.75) is 6.04 Å². The van der Waals surface area contributed by atoms with Crippen LogP contribution in [-0.2, 0) is 0 Å². The summed E-state index contributed by atoms with van der Waals surface area (Å²) in [5.74, 6) is 6.75. The maximum Gasteiger partial charge on any atom is 0.257 e. The first-order valence-corrected chi connectivity index (χ1v) is 9.47. The second-order valence-corrected chi connectivity index (χ2v) is 6.59. The molecular formula is C25H23N3O2. The van der Waals surface area contributed by atoms with Gasteiger partial charge in [-0.05, 0) is 42.0 Å².